The Morgan fingerprint density at radius 2 is 1.87 bits per heavy atom. The maximum Gasteiger partial charge on any atom is 0.276 e. The molecule has 0 unspecified atom stereocenters. The Balaban J connectivity index is 1.15. The number of benzene rings is 1. The van der Waals surface area contributed by atoms with Crippen molar-refractivity contribution in [2.24, 2.45) is 0 Å². The molecule has 6 nitrogen and oxygen atoms in total. The number of carbonyl (C=O) groups is 1. The van der Waals surface area contributed by atoms with Crippen molar-refractivity contribution in [3.05, 3.63) is 65.0 Å². The fraction of sp³-hybridized carbons (Fsp3) is 0.348. The molecule has 0 bridgehead atoms. The van der Waals surface area contributed by atoms with E-state index >= 15 is 0 Å². The number of thiazole rings is 1. The third kappa shape index (κ3) is 4.98. The normalized spacial score (nSPS) is 17.6. The number of pyridine rings is 1. The second-order valence-corrected chi connectivity index (χ2v) is 8.95. The van der Waals surface area contributed by atoms with Crippen LogP contribution in [0.25, 0.3) is 10.6 Å². The van der Waals surface area contributed by atoms with E-state index in [0.717, 1.165) is 49.9 Å². The molecule has 1 saturated heterocycles. The number of amides is 1. The minimum Gasteiger partial charge on any atom is -0.305 e. The van der Waals surface area contributed by atoms with Gasteiger partial charge in [0, 0.05) is 55.9 Å². The molecular weight excluding hydrogens is 413 g/mol. The molecular formula is C23H24FN5OS. The Labute approximate surface area is 184 Å². The lowest BCUT2D eigenvalue weighted by Crippen LogP contribution is -2.46. The molecule has 5 rings (SSSR count). The first kappa shape index (κ1) is 20.2. The number of piperazine rings is 1. The van der Waals surface area contributed by atoms with E-state index in [1.165, 1.54) is 36.3 Å². The third-order valence-corrected chi connectivity index (χ3v) is 6.66. The lowest BCUT2D eigenvalue weighted by atomic mass is 10.2. The number of carbonyl (C=O) groups excluding carboxylic acids is 1. The summed E-state index contributed by atoms with van der Waals surface area (Å²) in [5, 5.41) is 5.18. The average molecular weight is 438 g/mol. The average Bonchev–Trinajstić information content (AvgIpc) is 3.52. The lowest BCUT2D eigenvalue weighted by Gasteiger charge is -2.34. The molecule has 0 radical (unpaired) electrons. The van der Waals surface area contributed by atoms with Gasteiger partial charge in [0.05, 0.1) is 0 Å². The largest absolute Gasteiger partial charge is 0.305 e. The monoisotopic (exact) mass is 437 g/mol. The molecule has 1 aliphatic carbocycles. The van der Waals surface area contributed by atoms with Gasteiger partial charge in [0.15, 0.2) is 0 Å². The van der Waals surface area contributed by atoms with Gasteiger partial charge in [0.2, 0.25) is 0 Å². The topological polar surface area (TPSA) is 61.4 Å². The van der Waals surface area contributed by atoms with E-state index in [1.807, 2.05) is 18.3 Å². The highest BCUT2D eigenvalue weighted by Crippen LogP contribution is 2.28. The molecule has 1 N–H and O–H groups in total. The molecule has 1 amide bonds. The van der Waals surface area contributed by atoms with E-state index < -0.39 is 0 Å². The summed E-state index contributed by atoms with van der Waals surface area (Å²) >= 11 is 1.35. The van der Waals surface area contributed by atoms with Crippen molar-refractivity contribution in [2.75, 3.05) is 31.5 Å². The van der Waals surface area contributed by atoms with Gasteiger partial charge in [-0.15, -0.1) is 11.3 Å². The van der Waals surface area contributed by atoms with Gasteiger partial charge in [-0.3, -0.25) is 14.6 Å². The number of aromatic nitrogens is 2. The summed E-state index contributed by atoms with van der Waals surface area (Å²) in [6.45, 7) is 5.37. The molecule has 1 aromatic carbocycles. The summed E-state index contributed by atoms with van der Waals surface area (Å²) in [7, 11) is 0. The van der Waals surface area contributed by atoms with Crippen molar-refractivity contribution in [3.63, 3.8) is 0 Å². The van der Waals surface area contributed by atoms with Crippen molar-refractivity contribution in [1.82, 2.24) is 19.8 Å². The fourth-order valence-corrected chi connectivity index (χ4v) is 4.67. The van der Waals surface area contributed by atoms with Crippen LogP contribution in [0.4, 0.5) is 10.2 Å². The smallest absolute Gasteiger partial charge is 0.276 e. The van der Waals surface area contributed by atoms with Crippen LogP contribution in [0, 0.1) is 5.82 Å². The number of nitrogens with zero attached hydrogens (tertiary/aromatic N) is 4. The summed E-state index contributed by atoms with van der Waals surface area (Å²) in [6, 6.07) is 10.8. The van der Waals surface area contributed by atoms with Crippen LogP contribution in [0.5, 0.6) is 0 Å². The molecule has 1 saturated carbocycles. The van der Waals surface area contributed by atoms with Gasteiger partial charge < -0.3 is 5.32 Å². The number of anilines is 1. The highest BCUT2D eigenvalue weighted by atomic mass is 32.1. The zero-order chi connectivity index (χ0) is 21.2. The maximum absolute atomic E-state index is 13.1. The van der Waals surface area contributed by atoms with Crippen molar-refractivity contribution in [3.8, 4) is 10.6 Å². The van der Waals surface area contributed by atoms with Crippen molar-refractivity contribution >= 4 is 23.1 Å². The summed E-state index contributed by atoms with van der Waals surface area (Å²) in [6.07, 6.45) is 4.56. The Bertz CT molecular complexity index is 1040. The minimum absolute atomic E-state index is 0.298. The van der Waals surface area contributed by atoms with Gasteiger partial charge in [0.25, 0.3) is 5.91 Å². The molecule has 3 heterocycles. The Hall–Kier alpha value is -2.68. The number of hydrogen-bond acceptors (Lipinski definition) is 6. The number of rotatable bonds is 6. The second-order valence-electron chi connectivity index (χ2n) is 8.09. The summed E-state index contributed by atoms with van der Waals surface area (Å²) in [5.41, 5.74) is 2.25. The third-order valence-electron chi connectivity index (χ3n) is 5.77. The predicted molar refractivity (Wildman–Crippen MR) is 120 cm³/mol. The molecule has 0 atom stereocenters. The highest BCUT2D eigenvalue weighted by molar-refractivity contribution is 7.13. The van der Waals surface area contributed by atoms with Crippen LogP contribution < -0.4 is 5.32 Å². The van der Waals surface area contributed by atoms with Gasteiger partial charge in [-0.2, -0.15) is 0 Å². The standard InChI is InChI=1S/C23H24FN5OS/c24-18-4-2-17(3-5-18)23-26-20(15-31-23)22(30)27-21-8-1-16(13-25-21)14-28-9-11-29(12-10-28)19-6-7-19/h1-5,8,13,15,19H,6-7,9-12,14H2,(H,25,27,30). The molecule has 160 valence electrons. The molecule has 0 spiro atoms. The van der Waals surface area contributed by atoms with Crippen molar-refractivity contribution in [1.29, 1.82) is 0 Å². The van der Waals surface area contributed by atoms with E-state index in [-0.39, 0.29) is 11.7 Å². The fourth-order valence-electron chi connectivity index (χ4n) is 3.86. The predicted octanol–water partition coefficient (Wildman–Crippen LogP) is 3.88. The van der Waals surface area contributed by atoms with E-state index in [1.54, 1.807) is 17.5 Å². The van der Waals surface area contributed by atoms with Gasteiger partial charge in [-0.1, -0.05) is 6.07 Å². The Morgan fingerprint density at radius 3 is 2.55 bits per heavy atom. The Kier molecular flexibility index (Phi) is 5.76. The molecule has 2 fully saturated rings. The van der Waals surface area contributed by atoms with Crippen LogP contribution in [-0.4, -0.2) is 57.9 Å². The molecule has 2 aromatic heterocycles. The van der Waals surface area contributed by atoms with E-state index in [0.29, 0.717) is 16.5 Å². The quantitative estimate of drug-likeness (QED) is 0.634. The van der Waals surface area contributed by atoms with E-state index in [2.05, 4.69) is 25.1 Å². The van der Waals surface area contributed by atoms with Crippen LogP contribution in [0.15, 0.2) is 48.0 Å². The van der Waals surface area contributed by atoms with Crippen LogP contribution in [0.1, 0.15) is 28.9 Å². The van der Waals surface area contributed by atoms with Gasteiger partial charge in [0.1, 0.15) is 22.3 Å². The second kappa shape index (κ2) is 8.82. The first-order valence-corrected chi connectivity index (χ1v) is 11.5. The first-order valence-electron chi connectivity index (χ1n) is 10.6. The molecule has 3 aromatic rings. The zero-order valence-corrected chi connectivity index (χ0v) is 17.9. The van der Waals surface area contributed by atoms with Crippen LogP contribution in [0.2, 0.25) is 0 Å². The highest BCUT2D eigenvalue weighted by Gasteiger charge is 2.31. The molecule has 2 aliphatic rings. The molecule has 31 heavy (non-hydrogen) atoms. The SMILES string of the molecule is O=C(Nc1ccc(CN2CCN(C3CC3)CC2)cn1)c1csc(-c2ccc(F)cc2)n1. The number of halogens is 1. The maximum atomic E-state index is 13.1. The van der Waals surface area contributed by atoms with E-state index in [4.69, 9.17) is 0 Å². The van der Waals surface area contributed by atoms with Crippen LogP contribution in [-0.2, 0) is 6.54 Å². The van der Waals surface area contributed by atoms with Crippen molar-refractivity contribution < 1.29 is 9.18 Å². The van der Waals surface area contributed by atoms with Crippen LogP contribution in [0.3, 0.4) is 0 Å². The molecule has 8 heteroatoms. The molecule has 1 aliphatic heterocycles. The van der Waals surface area contributed by atoms with Gasteiger partial charge in [-0.05, 0) is 48.7 Å². The van der Waals surface area contributed by atoms with Crippen LogP contribution >= 0.6 is 11.3 Å². The zero-order valence-electron chi connectivity index (χ0n) is 17.1. The summed E-state index contributed by atoms with van der Waals surface area (Å²) in [5.74, 6) is -0.0991. The summed E-state index contributed by atoms with van der Waals surface area (Å²) in [4.78, 5) is 26.4. The van der Waals surface area contributed by atoms with Gasteiger partial charge in [-0.25, -0.2) is 14.4 Å². The number of nitrogens with one attached hydrogen (secondary N) is 1. The van der Waals surface area contributed by atoms with Gasteiger partial charge >= 0.3 is 0 Å². The van der Waals surface area contributed by atoms with Crippen molar-refractivity contribution in [2.45, 2.75) is 25.4 Å². The minimum atomic E-state index is -0.305. The summed E-state index contributed by atoms with van der Waals surface area (Å²) < 4.78 is 13.1. The van der Waals surface area contributed by atoms with E-state index in [9.17, 15) is 9.18 Å². The lowest BCUT2D eigenvalue weighted by molar-refractivity contribution is 0.102. The first-order chi connectivity index (χ1) is 15.1. The Morgan fingerprint density at radius 1 is 1.10 bits per heavy atom. The number of hydrogen-bond donors (Lipinski definition) is 1.